The van der Waals surface area contributed by atoms with Crippen LogP contribution in [-0.4, -0.2) is 11.1 Å². The fourth-order valence-corrected chi connectivity index (χ4v) is 2.43. The average molecular weight is 273 g/mol. The van der Waals surface area contributed by atoms with E-state index in [4.69, 9.17) is 10.8 Å². The molecule has 0 atom stereocenters. The number of carboxylic acids is 1. The maximum absolute atomic E-state index is 11.4. The first kappa shape index (κ1) is 13.2. The van der Waals surface area contributed by atoms with Crippen molar-refractivity contribution in [3.05, 3.63) is 64.3 Å². The zero-order chi connectivity index (χ0) is 13.8. The van der Waals surface area contributed by atoms with E-state index in [1.807, 2.05) is 0 Å². The number of carboxylic acid groups (broad SMARTS) is 1. The quantitative estimate of drug-likeness (QED) is 0.898. The van der Waals surface area contributed by atoms with Crippen molar-refractivity contribution in [2.24, 2.45) is 0 Å². The van der Waals surface area contributed by atoms with Crippen LogP contribution in [0.3, 0.4) is 0 Å². The summed E-state index contributed by atoms with van der Waals surface area (Å²) in [5, 5.41) is 9.10. The minimum Gasteiger partial charge on any atom is -0.478 e. The lowest BCUT2D eigenvalue weighted by atomic mass is 10.2. The molecule has 0 amide bonds. The number of nitrogens with two attached hydrogens (primary N) is 1. The van der Waals surface area contributed by atoms with Crippen LogP contribution in [0.5, 0.6) is 0 Å². The Balaban J connectivity index is 2.40. The number of carbonyl (C=O) groups is 1. The van der Waals surface area contributed by atoms with E-state index in [2.05, 4.69) is 0 Å². The lowest BCUT2D eigenvalue weighted by Gasteiger charge is -2.03. The second kappa shape index (κ2) is 5.58. The van der Waals surface area contributed by atoms with Gasteiger partial charge in [0, 0.05) is 9.79 Å². The number of anilines is 1. The molecule has 5 heteroatoms. The normalized spacial score (nSPS) is 10.1. The lowest BCUT2D eigenvalue weighted by molar-refractivity contribution is 0.0693. The van der Waals surface area contributed by atoms with Crippen molar-refractivity contribution in [3.63, 3.8) is 0 Å². The smallest absolute Gasteiger partial charge is 0.336 e. The van der Waals surface area contributed by atoms with Crippen molar-refractivity contribution in [1.82, 2.24) is 0 Å². The maximum Gasteiger partial charge on any atom is 0.336 e. The molecule has 0 saturated carbocycles. The van der Waals surface area contributed by atoms with Crippen LogP contribution in [0.4, 0.5) is 5.69 Å². The van der Waals surface area contributed by atoms with Crippen molar-refractivity contribution in [2.75, 3.05) is 5.73 Å². The zero-order valence-corrected chi connectivity index (χ0v) is 10.7. The summed E-state index contributed by atoms with van der Waals surface area (Å²) in [6.45, 7) is 0. The monoisotopic (exact) mass is 273 g/mol. The number of aromatic carboxylic acids is 1. The summed E-state index contributed by atoms with van der Waals surface area (Å²) < 4.78 is 0. The first-order valence-corrected chi connectivity index (χ1v) is 6.29. The molecule has 0 spiro atoms. The topological polar surface area (TPSA) is 80.4 Å². The zero-order valence-electron chi connectivity index (χ0n) is 9.87. The molecule has 19 heavy (non-hydrogen) atoms. The van der Waals surface area contributed by atoms with Gasteiger partial charge in [-0.3, -0.25) is 4.79 Å². The van der Waals surface area contributed by atoms with Crippen molar-refractivity contribution in [2.45, 2.75) is 9.79 Å². The van der Waals surface area contributed by atoms with Crippen LogP contribution in [0.25, 0.3) is 0 Å². The highest BCUT2D eigenvalue weighted by atomic mass is 32.2. The molecule has 0 aliphatic heterocycles. The molecule has 0 aromatic heterocycles. The first-order chi connectivity index (χ1) is 9.08. The van der Waals surface area contributed by atoms with E-state index < -0.39 is 5.97 Å². The molecule has 0 fully saturated rings. The van der Waals surface area contributed by atoms with Gasteiger partial charge in [0.1, 0.15) is 0 Å². The lowest BCUT2D eigenvalue weighted by Crippen LogP contribution is -2.01. The van der Waals surface area contributed by atoms with Gasteiger partial charge in [-0.2, -0.15) is 0 Å². The molecule has 2 aromatic rings. The van der Waals surface area contributed by atoms with E-state index in [-0.39, 0.29) is 16.7 Å². The van der Waals surface area contributed by atoms with E-state index in [1.54, 1.807) is 36.4 Å². The Kier molecular flexibility index (Phi) is 3.87. The second-order valence-corrected chi connectivity index (χ2v) is 4.91. The van der Waals surface area contributed by atoms with Crippen molar-refractivity contribution < 1.29 is 9.90 Å². The van der Waals surface area contributed by atoms with Crippen LogP contribution in [0.2, 0.25) is 0 Å². The SMILES string of the molecule is Nc1ccc(Sc2ccccc2C(=O)O)ccc1=O. The third-order valence-corrected chi connectivity index (χ3v) is 3.54. The Bertz CT molecular complexity index is 685. The molecule has 0 aliphatic carbocycles. The summed E-state index contributed by atoms with van der Waals surface area (Å²) in [5.41, 5.74) is 5.67. The second-order valence-electron chi connectivity index (χ2n) is 3.79. The van der Waals surface area contributed by atoms with E-state index in [9.17, 15) is 9.59 Å². The van der Waals surface area contributed by atoms with Gasteiger partial charge in [-0.1, -0.05) is 23.9 Å². The molecule has 96 valence electrons. The van der Waals surface area contributed by atoms with Gasteiger partial charge in [-0.05, 0) is 36.4 Å². The van der Waals surface area contributed by atoms with Gasteiger partial charge in [0.2, 0.25) is 5.43 Å². The van der Waals surface area contributed by atoms with Crippen LogP contribution in [0.15, 0.2) is 63.1 Å². The average Bonchev–Trinajstić information content (AvgIpc) is 2.55. The summed E-state index contributed by atoms with van der Waals surface area (Å²) in [4.78, 5) is 23.8. The molecule has 3 N–H and O–H groups in total. The summed E-state index contributed by atoms with van der Waals surface area (Å²) >= 11 is 1.28. The fraction of sp³-hybridized carbons (Fsp3) is 0. The molecule has 4 nitrogen and oxygen atoms in total. The van der Waals surface area contributed by atoms with E-state index >= 15 is 0 Å². The van der Waals surface area contributed by atoms with E-state index in [0.29, 0.717) is 4.90 Å². The molecular formula is C14H11NO3S. The molecule has 2 rings (SSSR count). The molecule has 0 saturated heterocycles. The maximum atomic E-state index is 11.4. The van der Waals surface area contributed by atoms with Crippen molar-refractivity contribution in [1.29, 1.82) is 0 Å². The number of nitrogen functional groups attached to an aromatic ring is 1. The predicted molar refractivity (Wildman–Crippen MR) is 74.6 cm³/mol. The minimum atomic E-state index is -0.979. The summed E-state index contributed by atoms with van der Waals surface area (Å²) in [5.74, 6) is -0.979. The van der Waals surface area contributed by atoms with Crippen molar-refractivity contribution >= 4 is 23.4 Å². The third-order valence-electron chi connectivity index (χ3n) is 2.46. The predicted octanol–water partition coefficient (Wildman–Crippen LogP) is 2.48. The molecule has 2 aromatic carbocycles. The van der Waals surface area contributed by atoms with Gasteiger partial charge in [-0.15, -0.1) is 0 Å². The van der Waals surface area contributed by atoms with Crippen molar-refractivity contribution in [3.8, 4) is 0 Å². The van der Waals surface area contributed by atoms with Gasteiger partial charge in [0.05, 0.1) is 11.3 Å². The largest absolute Gasteiger partial charge is 0.478 e. The molecule has 0 radical (unpaired) electrons. The Morgan fingerprint density at radius 1 is 1.05 bits per heavy atom. The first-order valence-electron chi connectivity index (χ1n) is 5.48. The molecule has 0 aliphatic rings. The molecule has 0 bridgehead atoms. The Hall–Kier alpha value is -2.27. The number of rotatable bonds is 3. The molecular weight excluding hydrogens is 262 g/mol. The number of hydrogen-bond donors (Lipinski definition) is 2. The Morgan fingerprint density at radius 3 is 2.47 bits per heavy atom. The standard InChI is InChI=1S/C14H11NO3S/c15-11-7-5-9(6-8-12(11)16)19-13-4-2-1-3-10(13)14(17)18/h1-8H,(H2,15,16)(H,17,18). The minimum absolute atomic E-state index is 0.165. The van der Waals surface area contributed by atoms with E-state index in [1.165, 1.54) is 23.9 Å². The number of benzene rings is 1. The van der Waals surface area contributed by atoms with Gasteiger partial charge < -0.3 is 10.8 Å². The summed E-state index contributed by atoms with van der Waals surface area (Å²) in [6, 6.07) is 12.9. The van der Waals surface area contributed by atoms with E-state index in [0.717, 1.165) is 4.90 Å². The van der Waals surface area contributed by atoms with Crippen LogP contribution in [0.1, 0.15) is 10.4 Å². The number of hydrogen-bond acceptors (Lipinski definition) is 4. The molecule has 0 heterocycles. The van der Waals surface area contributed by atoms with Gasteiger partial charge in [-0.25, -0.2) is 4.79 Å². The highest BCUT2D eigenvalue weighted by Gasteiger charge is 2.09. The summed E-state index contributed by atoms with van der Waals surface area (Å²) in [6.07, 6.45) is 0. The van der Waals surface area contributed by atoms with Crippen LogP contribution < -0.4 is 11.2 Å². The van der Waals surface area contributed by atoms with Crippen LogP contribution >= 0.6 is 11.8 Å². The fourth-order valence-electron chi connectivity index (χ4n) is 1.49. The van der Waals surface area contributed by atoms with Gasteiger partial charge in [0.15, 0.2) is 0 Å². The van der Waals surface area contributed by atoms with Crippen LogP contribution in [0, 0.1) is 0 Å². The van der Waals surface area contributed by atoms with Crippen LogP contribution in [-0.2, 0) is 0 Å². The molecule has 0 unspecified atom stereocenters. The Morgan fingerprint density at radius 2 is 1.74 bits per heavy atom. The highest BCUT2D eigenvalue weighted by molar-refractivity contribution is 7.99. The van der Waals surface area contributed by atoms with Gasteiger partial charge >= 0.3 is 5.97 Å². The highest BCUT2D eigenvalue weighted by Crippen LogP contribution is 2.29. The van der Waals surface area contributed by atoms with Gasteiger partial charge in [0.25, 0.3) is 0 Å². The third kappa shape index (κ3) is 3.14. The Labute approximate surface area is 113 Å². The summed E-state index contributed by atoms with van der Waals surface area (Å²) in [7, 11) is 0.